The fourth-order valence-corrected chi connectivity index (χ4v) is 2.82. The number of ether oxygens (including phenoxy) is 1. The summed E-state index contributed by atoms with van der Waals surface area (Å²) < 4.78 is 5.08. The first-order chi connectivity index (χ1) is 15.5. The lowest BCUT2D eigenvalue weighted by Gasteiger charge is -2.19. The minimum absolute atomic E-state index is 0.0734. The molecule has 0 heterocycles. The molecule has 8 nitrogen and oxygen atoms in total. The van der Waals surface area contributed by atoms with Gasteiger partial charge in [-0.3, -0.25) is 14.4 Å². The molecule has 0 aliphatic carbocycles. The second-order valence-corrected chi connectivity index (χ2v) is 8.67. The van der Waals surface area contributed by atoms with E-state index in [0.29, 0.717) is 11.3 Å². The van der Waals surface area contributed by atoms with E-state index in [9.17, 15) is 19.2 Å². The van der Waals surface area contributed by atoms with Gasteiger partial charge in [-0.1, -0.05) is 42.0 Å². The van der Waals surface area contributed by atoms with E-state index in [-0.39, 0.29) is 43.5 Å². The van der Waals surface area contributed by atoms with E-state index in [2.05, 4.69) is 16.0 Å². The first kappa shape index (κ1) is 25.6. The molecule has 0 radical (unpaired) electrons. The number of aryl methyl sites for hydroxylation is 1. The molecule has 0 spiro atoms. The number of Topliss-reactive ketones (excluding diaryl/α,β-unsaturated/α-hetero) is 1. The summed E-state index contributed by atoms with van der Waals surface area (Å²) in [6.07, 6.45) is -0.470. The van der Waals surface area contributed by atoms with Gasteiger partial charge in [0.1, 0.15) is 12.1 Å². The van der Waals surface area contributed by atoms with Gasteiger partial charge in [0, 0.05) is 30.6 Å². The van der Waals surface area contributed by atoms with Gasteiger partial charge in [-0.15, -0.1) is 0 Å². The lowest BCUT2D eigenvalue weighted by molar-refractivity contribution is -0.120. The summed E-state index contributed by atoms with van der Waals surface area (Å²) in [6.45, 7) is 7.17. The third kappa shape index (κ3) is 9.99. The van der Waals surface area contributed by atoms with Crippen molar-refractivity contribution in [3.63, 3.8) is 0 Å². The maximum absolute atomic E-state index is 12.2. The molecule has 176 valence electrons. The molecule has 0 bridgehead atoms. The summed E-state index contributed by atoms with van der Waals surface area (Å²) in [4.78, 5) is 48.0. The standard InChI is InChI=1S/C25H31N3O5/c1-17-8-10-19(11-9-17)21(29)12-13-22(30)28-20-7-5-6-18(14-20)15-26-23(31)16-27-24(32)33-25(2,3)4/h5-11,14H,12-13,15-16H2,1-4H3,(H,26,31)(H,27,32)(H,28,30). The highest BCUT2D eigenvalue weighted by Gasteiger charge is 2.16. The van der Waals surface area contributed by atoms with Crippen LogP contribution in [0.5, 0.6) is 0 Å². The molecule has 0 aliphatic heterocycles. The average Bonchev–Trinajstić information content (AvgIpc) is 2.74. The smallest absolute Gasteiger partial charge is 0.408 e. The number of benzene rings is 2. The van der Waals surface area contributed by atoms with Crippen molar-refractivity contribution in [3.05, 3.63) is 65.2 Å². The van der Waals surface area contributed by atoms with Crippen LogP contribution >= 0.6 is 0 Å². The molecule has 3 N–H and O–H groups in total. The van der Waals surface area contributed by atoms with Crippen LogP contribution in [-0.2, 0) is 20.9 Å². The molecule has 0 saturated carbocycles. The molecule has 0 aromatic heterocycles. The number of alkyl carbamates (subject to hydrolysis) is 1. The molecule has 2 aromatic rings. The molecule has 0 aliphatic rings. The van der Waals surface area contributed by atoms with E-state index in [1.165, 1.54) is 0 Å². The van der Waals surface area contributed by atoms with Crippen LogP contribution < -0.4 is 16.0 Å². The van der Waals surface area contributed by atoms with Crippen molar-refractivity contribution in [2.24, 2.45) is 0 Å². The molecular formula is C25H31N3O5. The van der Waals surface area contributed by atoms with Gasteiger partial charge in [0.25, 0.3) is 0 Å². The Morgan fingerprint density at radius 2 is 1.58 bits per heavy atom. The minimum Gasteiger partial charge on any atom is -0.444 e. The van der Waals surface area contributed by atoms with E-state index in [0.717, 1.165) is 11.1 Å². The van der Waals surface area contributed by atoms with Gasteiger partial charge >= 0.3 is 6.09 Å². The fraction of sp³-hybridized carbons (Fsp3) is 0.360. The van der Waals surface area contributed by atoms with Crippen LogP contribution in [0.2, 0.25) is 0 Å². The SMILES string of the molecule is Cc1ccc(C(=O)CCC(=O)Nc2cccc(CNC(=O)CNC(=O)OC(C)(C)C)c2)cc1. The van der Waals surface area contributed by atoms with Crippen LogP contribution in [0.1, 0.15) is 55.1 Å². The van der Waals surface area contributed by atoms with Crippen molar-refractivity contribution in [1.82, 2.24) is 10.6 Å². The zero-order valence-electron chi connectivity index (χ0n) is 19.5. The van der Waals surface area contributed by atoms with Gasteiger partial charge in [0.2, 0.25) is 11.8 Å². The number of hydrogen-bond donors (Lipinski definition) is 3. The van der Waals surface area contributed by atoms with Gasteiger partial charge in [-0.05, 0) is 45.4 Å². The van der Waals surface area contributed by atoms with E-state index in [1.807, 2.05) is 19.1 Å². The average molecular weight is 454 g/mol. The number of hydrogen-bond acceptors (Lipinski definition) is 5. The normalized spacial score (nSPS) is 10.8. The molecule has 3 amide bonds. The van der Waals surface area contributed by atoms with Gasteiger partial charge in [-0.25, -0.2) is 4.79 Å². The zero-order chi connectivity index (χ0) is 24.4. The van der Waals surface area contributed by atoms with Crippen molar-refractivity contribution in [2.45, 2.75) is 52.7 Å². The number of carbonyl (C=O) groups excluding carboxylic acids is 4. The summed E-state index contributed by atoms with van der Waals surface area (Å²) in [5.74, 6) is -0.718. The first-order valence-corrected chi connectivity index (χ1v) is 10.7. The Kier molecular flexibility index (Phi) is 9.15. The van der Waals surface area contributed by atoms with Crippen LogP contribution in [-0.4, -0.2) is 35.8 Å². The van der Waals surface area contributed by atoms with Crippen LogP contribution in [0.15, 0.2) is 48.5 Å². The maximum Gasteiger partial charge on any atom is 0.408 e. The highest BCUT2D eigenvalue weighted by Crippen LogP contribution is 2.13. The summed E-state index contributed by atoms with van der Waals surface area (Å²) in [5, 5.41) is 7.86. The Bertz CT molecular complexity index is 994. The Morgan fingerprint density at radius 3 is 2.24 bits per heavy atom. The van der Waals surface area contributed by atoms with Gasteiger partial charge < -0.3 is 20.7 Å². The van der Waals surface area contributed by atoms with Crippen molar-refractivity contribution < 1.29 is 23.9 Å². The highest BCUT2D eigenvalue weighted by atomic mass is 16.6. The Morgan fingerprint density at radius 1 is 0.879 bits per heavy atom. The topological polar surface area (TPSA) is 114 Å². The summed E-state index contributed by atoms with van der Waals surface area (Å²) in [6, 6.07) is 14.3. The number of amides is 3. The quantitative estimate of drug-likeness (QED) is 0.501. The van der Waals surface area contributed by atoms with Crippen LogP contribution in [0.4, 0.5) is 10.5 Å². The molecule has 0 saturated heterocycles. The number of ketones is 1. The lowest BCUT2D eigenvalue weighted by Crippen LogP contribution is -2.39. The lowest BCUT2D eigenvalue weighted by atomic mass is 10.0. The van der Waals surface area contributed by atoms with Crippen molar-refractivity contribution in [1.29, 1.82) is 0 Å². The number of carbonyl (C=O) groups is 4. The Hall–Kier alpha value is -3.68. The Balaban J connectivity index is 1.76. The molecule has 2 aromatic carbocycles. The van der Waals surface area contributed by atoms with E-state index in [1.54, 1.807) is 57.2 Å². The van der Waals surface area contributed by atoms with Crippen LogP contribution in [0.3, 0.4) is 0 Å². The molecule has 8 heteroatoms. The van der Waals surface area contributed by atoms with Crippen molar-refractivity contribution >= 4 is 29.4 Å². The van der Waals surface area contributed by atoms with Crippen molar-refractivity contribution in [3.8, 4) is 0 Å². The predicted molar refractivity (Wildman–Crippen MR) is 126 cm³/mol. The van der Waals surface area contributed by atoms with Gasteiger partial charge in [0.15, 0.2) is 5.78 Å². The predicted octanol–water partition coefficient (Wildman–Crippen LogP) is 3.74. The third-order valence-electron chi connectivity index (χ3n) is 4.45. The molecule has 0 fully saturated rings. The molecule has 33 heavy (non-hydrogen) atoms. The monoisotopic (exact) mass is 453 g/mol. The molecular weight excluding hydrogens is 422 g/mol. The Labute approximate surface area is 194 Å². The van der Waals surface area contributed by atoms with E-state index in [4.69, 9.17) is 4.74 Å². The first-order valence-electron chi connectivity index (χ1n) is 10.7. The number of anilines is 1. The molecule has 0 atom stereocenters. The van der Waals surface area contributed by atoms with Gasteiger partial charge in [0.05, 0.1) is 0 Å². The van der Waals surface area contributed by atoms with E-state index >= 15 is 0 Å². The summed E-state index contributed by atoms with van der Waals surface area (Å²) >= 11 is 0. The molecule has 0 unspecified atom stereocenters. The van der Waals surface area contributed by atoms with Gasteiger partial charge in [-0.2, -0.15) is 0 Å². The van der Waals surface area contributed by atoms with Crippen LogP contribution in [0.25, 0.3) is 0 Å². The van der Waals surface area contributed by atoms with E-state index < -0.39 is 11.7 Å². The number of rotatable bonds is 9. The molecule has 2 rings (SSSR count). The fourth-order valence-electron chi connectivity index (χ4n) is 2.82. The second kappa shape index (κ2) is 11.8. The van der Waals surface area contributed by atoms with Crippen LogP contribution in [0, 0.1) is 6.92 Å². The minimum atomic E-state index is -0.664. The summed E-state index contributed by atoms with van der Waals surface area (Å²) in [7, 11) is 0. The highest BCUT2D eigenvalue weighted by molar-refractivity contribution is 6.00. The van der Waals surface area contributed by atoms with Crippen molar-refractivity contribution in [2.75, 3.05) is 11.9 Å². The third-order valence-corrected chi connectivity index (χ3v) is 4.45. The maximum atomic E-state index is 12.2. The number of nitrogens with one attached hydrogen (secondary N) is 3. The second-order valence-electron chi connectivity index (χ2n) is 8.67. The summed E-state index contributed by atoms with van der Waals surface area (Å²) in [5.41, 5.74) is 2.36. The zero-order valence-corrected chi connectivity index (χ0v) is 19.5. The largest absolute Gasteiger partial charge is 0.444 e.